The molecule has 3 N–H and O–H groups in total. The molecule has 9 nitrogen and oxygen atoms in total. The summed E-state index contributed by atoms with van der Waals surface area (Å²) in [6, 6.07) is 22.3. The SMILES string of the molecule is CNS(=O)(=O)N(C)c1ccc(CCCCOCCCCCCN(CC(=O)c2ccc(O)c(CO)c2)Cc2ccccc2)cc1. The Labute approximate surface area is 262 Å². The first kappa shape index (κ1) is 35.2. The van der Waals surface area contributed by atoms with Crippen LogP contribution in [0.2, 0.25) is 0 Å². The normalized spacial score (nSPS) is 11.6. The number of aliphatic hydroxyl groups excluding tert-OH is 1. The second kappa shape index (κ2) is 18.5. The van der Waals surface area contributed by atoms with E-state index in [2.05, 4.69) is 21.8 Å². The molecule has 0 saturated heterocycles. The van der Waals surface area contributed by atoms with Crippen molar-refractivity contribution in [2.45, 2.75) is 58.1 Å². The van der Waals surface area contributed by atoms with Gasteiger partial charge in [-0.15, -0.1) is 0 Å². The minimum absolute atomic E-state index is 0.00760. The van der Waals surface area contributed by atoms with E-state index in [-0.39, 0.29) is 24.7 Å². The molecule has 0 fully saturated rings. The predicted octanol–water partition coefficient (Wildman–Crippen LogP) is 5.07. The third-order valence-electron chi connectivity index (χ3n) is 7.62. The maximum atomic E-state index is 13.0. The van der Waals surface area contributed by atoms with Crippen LogP contribution in [0.25, 0.3) is 0 Å². The summed E-state index contributed by atoms with van der Waals surface area (Å²) < 4.78 is 33.2. The molecule has 44 heavy (non-hydrogen) atoms. The Bertz CT molecular complexity index is 1380. The number of nitrogens with zero attached hydrogens (tertiary/aromatic N) is 2. The number of hydrogen-bond donors (Lipinski definition) is 3. The summed E-state index contributed by atoms with van der Waals surface area (Å²) in [6.45, 7) is 2.90. The Kier molecular flexibility index (Phi) is 14.8. The number of aliphatic hydroxyl groups is 1. The van der Waals surface area contributed by atoms with Gasteiger partial charge in [0.2, 0.25) is 0 Å². The molecule has 3 aromatic rings. The van der Waals surface area contributed by atoms with Gasteiger partial charge < -0.3 is 14.9 Å². The summed E-state index contributed by atoms with van der Waals surface area (Å²) in [4.78, 5) is 15.2. The quantitative estimate of drug-likeness (QED) is 0.112. The van der Waals surface area contributed by atoms with Crippen LogP contribution in [0.4, 0.5) is 5.69 Å². The molecule has 3 aromatic carbocycles. The van der Waals surface area contributed by atoms with E-state index in [9.17, 15) is 23.4 Å². The van der Waals surface area contributed by atoms with Crippen molar-refractivity contribution in [2.75, 3.05) is 44.7 Å². The molecule has 0 radical (unpaired) electrons. The van der Waals surface area contributed by atoms with Crippen LogP contribution in [0.15, 0.2) is 72.8 Å². The number of carbonyl (C=O) groups is 1. The lowest BCUT2D eigenvalue weighted by molar-refractivity contribution is 0.0923. The van der Waals surface area contributed by atoms with E-state index in [0.717, 1.165) is 70.3 Å². The maximum Gasteiger partial charge on any atom is 0.301 e. The van der Waals surface area contributed by atoms with Crippen molar-refractivity contribution in [3.8, 4) is 5.75 Å². The number of ether oxygens (including phenoxy) is 1. The van der Waals surface area contributed by atoms with E-state index in [1.54, 1.807) is 12.1 Å². The first-order valence-electron chi connectivity index (χ1n) is 15.3. The molecule has 0 aliphatic heterocycles. The number of anilines is 1. The Morgan fingerprint density at radius 2 is 1.55 bits per heavy atom. The zero-order valence-corrected chi connectivity index (χ0v) is 26.8. The molecule has 0 bridgehead atoms. The van der Waals surface area contributed by atoms with Gasteiger partial charge in [0.25, 0.3) is 0 Å². The zero-order valence-electron chi connectivity index (χ0n) is 26.0. The molecular weight excluding hydrogens is 578 g/mol. The molecule has 10 heteroatoms. The zero-order chi connectivity index (χ0) is 31.8. The summed E-state index contributed by atoms with van der Waals surface area (Å²) >= 11 is 0. The first-order chi connectivity index (χ1) is 21.2. The number of hydrogen-bond acceptors (Lipinski definition) is 7. The number of benzene rings is 3. The molecule has 0 amide bonds. The van der Waals surface area contributed by atoms with Gasteiger partial charge in [0, 0.05) is 45.0 Å². The molecule has 0 aliphatic rings. The van der Waals surface area contributed by atoms with Gasteiger partial charge in [-0.3, -0.25) is 14.0 Å². The average molecular weight is 626 g/mol. The van der Waals surface area contributed by atoms with E-state index in [4.69, 9.17) is 4.74 Å². The van der Waals surface area contributed by atoms with Crippen LogP contribution in [-0.2, 0) is 34.5 Å². The molecule has 0 saturated carbocycles. The maximum absolute atomic E-state index is 13.0. The lowest BCUT2D eigenvalue weighted by Gasteiger charge is -2.22. The van der Waals surface area contributed by atoms with Gasteiger partial charge in [-0.25, -0.2) is 4.72 Å². The molecule has 0 aliphatic carbocycles. The highest BCUT2D eigenvalue weighted by Gasteiger charge is 2.16. The molecule has 240 valence electrons. The minimum Gasteiger partial charge on any atom is -0.508 e. The number of aromatic hydroxyl groups is 1. The summed E-state index contributed by atoms with van der Waals surface area (Å²) in [5.41, 5.74) is 3.79. The van der Waals surface area contributed by atoms with Crippen molar-refractivity contribution in [2.24, 2.45) is 0 Å². The van der Waals surface area contributed by atoms with Crippen LogP contribution in [0.5, 0.6) is 5.75 Å². The fraction of sp³-hybridized carbons (Fsp3) is 0.441. The van der Waals surface area contributed by atoms with E-state index >= 15 is 0 Å². The number of aryl methyl sites for hydroxylation is 1. The highest BCUT2D eigenvalue weighted by Crippen LogP contribution is 2.20. The molecule has 0 heterocycles. The third-order valence-corrected chi connectivity index (χ3v) is 9.07. The van der Waals surface area contributed by atoms with Gasteiger partial charge in [0.15, 0.2) is 5.78 Å². The van der Waals surface area contributed by atoms with E-state index in [0.29, 0.717) is 23.4 Å². The van der Waals surface area contributed by atoms with E-state index in [1.165, 1.54) is 30.0 Å². The van der Waals surface area contributed by atoms with E-state index in [1.807, 2.05) is 42.5 Å². The molecule has 0 aromatic heterocycles. The van der Waals surface area contributed by atoms with Crippen LogP contribution in [0, 0.1) is 0 Å². The highest BCUT2D eigenvalue weighted by atomic mass is 32.2. The van der Waals surface area contributed by atoms with Crippen LogP contribution >= 0.6 is 0 Å². The number of unbranched alkanes of at least 4 members (excludes halogenated alkanes) is 4. The number of Topliss-reactive ketones (excluding diaryl/α,β-unsaturated/α-hetero) is 1. The second-order valence-corrected chi connectivity index (χ2v) is 12.9. The molecule has 0 unspecified atom stereocenters. The highest BCUT2D eigenvalue weighted by molar-refractivity contribution is 7.90. The monoisotopic (exact) mass is 625 g/mol. The van der Waals surface area contributed by atoms with Crippen molar-refractivity contribution in [3.05, 3.63) is 95.1 Å². The third kappa shape index (κ3) is 11.7. The number of rotatable bonds is 21. The van der Waals surface area contributed by atoms with E-state index < -0.39 is 10.2 Å². The summed E-state index contributed by atoms with van der Waals surface area (Å²) in [7, 11) is -0.574. The predicted molar refractivity (Wildman–Crippen MR) is 175 cm³/mol. The average Bonchev–Trinajstić information content (AvgIpc) is 3.04. The molecule has 3 rings (SSSR count). The number of ketones is 1. The Morgan fingerprint density at radius 1 is 0.864 bits per heavy atom. The van der Waals surface area contributed by atoms with Crippen LogP contribution in [0.1, 0.15) is 65.6 Å². The number of nitrogens with one attached hydrogen (secondary N) is 1. The fourth-order valence-corrected chi connectivity index (χ4v) is 5.59. The van der Waals surface area contributed by atoms with Gasteiger partial charge >= 0.3 is 10.2 Å². The Morgan fingerprint density at radius 3 is 2.23 bits per heavy atom. The lowest BCUT2D eigenvalue weighted by atomic mass is 10.1. The standard InChI is InChI=1S/C34H47N3O6S/c1-35-44(41,42)36(2)32-18-15-28(16-19-32)12-8-11-23-43-22-10-4-3-9-21-37(25-29-13-6-5-7-14-29)26-34(40)30-17-20-33(39)31(24-30)27-38/h5-7,13-20,24,35,38-39H,3-4,8-12,21-23,25-27H2,1-2H3. The summed E-state index contributed by atoms with van der Waals surface area (Å²) in [5.74, 6) is -0.0413. The van der Waals surface area contributed by atoms with Gasteiger partial charge in [-0.05, 0) is 80.1 Å². The minimum atomic E-state index is -3.50. The van der Waals surface area contributed by atoms with Crippen molar-refractivity contribution in [3.63, 3.8) is 0 Å². The molecule has 0 atom stereocenters. The van der Waals surface area contributed by atoms with Crippen molar-refractivity contribution in [1.82, 2.24) is 9.62 Å². The summed E-state index contributed by atoms with van der Waals surface area (Å²) in [6.07, 6.45) is 6.99. The fourth-order valence-electron chi connectivity index (χ4n) is 4.91. The molecular formula is C34H47N3O6S. The van der Waals surface area contributed by atoms with Crippen molar-refractivity contribution in [1.29, 1.82) is 0 Å². The first-order valence-corrected chi connectivity index (χ1v) is 16.7. The number of phenols is 1. The van der Waals surface area contributed by atoms with Crippen LogP contribution in [-0.4, -0.2) is 69.7 Å². The van der Waals surface area contributed by atoms with Crippen molar-refractivity contribution >= 4 is 21.7 Å². The molecule has 0 spiro atoms. The van der Waals surface area contributed by atoms with Gasteiger partial charge in [-0.2, -0.15) is 8.42 Å². The Balaban J connectivity index is 1.31. The summed E-state index contributed by atoms with van der Waals surface area (Å²) in [5, 5.41) is 19.3. The van der Waals surface area contributed by atoms with Crippen molar-refractivity contribution < 1.29 is 28.2 Å². The van der Waals surface area contributed by atoms with Crippen LogP contribution < -0.4 is 9.03 Å². The Hall–Kier alpha value is -3.28. The van der Waals surface area contributed by atoms with Gasteiger partial charge in [-0.1, -0.05) is 55.3 Å². The van der Waals surface area contributed by atoms with Crippen LogP contribution in [0.3, 0.4) is 0 Å². The van der Waals surface area contributed by atoms with Gasteiger partial charge in [0.05, 0.1) is 18.8 Å². The second-order valence-electron chi connectivity index (χ2n) is 10.9. The number of carbonyl (C=O) groups excluding carboxylic acids is 1. The smallest absolute Gasteiger partial charge is 0.301 e. The van der Waals surface area contributed by atoms with Gasteiger partial charge in [0.1, 0.15) is 5.75 Å². The largest absolute Gasteiger partial charge is 0.508 e. The topological polar surface area (TPSA) is 119 Å². The lowest BCUT2D eigenvalue weighted by Crippen LogP contribution is -2.35.